The molecule has 3 aromatic carbocycles. The first kappa shape index (κ1) is 27.8. The van der Waals surface area contributed by atoms with Crippen LogP contribution in [0.25, 0.3) is 11.1 Å². The van der Waals surface area contributed by atoms with Crippen molar-refractivity contribution in [3.05, 3.63) is 93.8 Å². The number of aryl methyl sites for hydroxylation is 1. The lowest BCUT2D eigenvalue weighted by Crippen LogP contribution is -2.15. The van der Waals surface area contributed by atoms with E-state index in [1.807, 2.05) is 6.92 Å². The Morgan fingerprint density at radius 2 is 1.56 bits per heavy atom. The largest absolute Gasteiger partial charge is 0.388 e. The second-order valence-electron chi connectivity index (χ2n) is 10.9. The van der Waals surface area contributed by atoms with Crippen LogP contribution < -0.4 is 0 Å². The van der Waals surface area contributed by atoms with E-state index >= 15 is 4.39 Å². The zero-order chi connectivity index (χ0) is 27.7. The summed E-state index contributed by atoms with van der Waals surface area (Å²) in [6, 6.07) is 10.6. The molecule has 2 unspecified atom stereocenters. The van der Waals surface area contributed by atoms with Gasteiger partial charge in [-0.3, -0.25) is 0 Å². The molecule has 2 fully saturated rings. The van der Waals surface area contributed by atoms with Gasteiger partial charge in [0.1, 0.15) is 11.9 Å². The molecule has 0 aromatic heterocycles. The van der Waals surface area contributed by atoms with Crippen molar-refractivity contribution in [2.24, 2.45) is 5.92 Å². The van der Waals surface area contributed by atoms with Gasteiger partial charge in [-0.1, -0.05) is 49.7 Å². The maximum atomic E-state index is 15.1. The third-order valence-electron chi connectivity index (χ3n) is 8.33. The molecular formula is C32H33F5O2. The minimum Gasteiger partial charge on any atom is -0.388 e. The fourth-order valence-corrected chi connectivity index (χ4v) is 5.88. The summed E-state index contributed by atoms with van der Waals surface area (Å²) in [6.07, 6.45) is 4.20. The lowest BCUT2D eigenvalue weighted by Gasteiger charge is -2.29. The molecule has 1 saturated carbocycles. The van der Waals surface area contributed by atoms with E-state index in [9.17, 15) is 22.7 Å². The van der Waals surface area contributed by atoms with Crippen molar-refractivity contribution in [2.75, 3.05) is 6.61 Å². The zero-order valence-corrected chi connectivity index (χ0v) is 22.0. The molecule has 7 heteroatoms. The second kappa shape index (κ2) is 11.8. The van der Waals surface area contributed by atoms with E-state index in [1.54, 1.807) is 12.1 Å². The average molecular weight is 545 g/mol. The second-order valence-corrected chi connectivity index (χ2v) is 10.9. The number of ether oxygens (including phenoxy) is 1. The number of aliphatic hydroxyl groups is 1. The summed E-state index contributed by atoms with van der Waals surface area (Å²) < 4.78 is 78.3. The van der Waals surface area contributed by atoms with Gasteiger partial charge < -0.3 is 9.84 Å². The molecule has 0 bridgehead atoms. The van der Waals surface area contributed by atoms with E-state index in [-0.39, 0.29) is 28.2 Å². The number of aliphatic hydroxyl groups excluding tert-OH is 1. The van der Waals surface area contributed by atoms with Crippen LogP contribution in [0.15, 0.2) is 42.5 Å². The Morgan fingerprint density at radius 1 is 0.846 bits per heavy atom. The van der Waals surface area contributed by atoms with Crippen LogP contribution in [0.2, 0.25) is 0 Å². The van der Waals surface area contributed by atoms with Crippen molar-refractivity contribution in [1.82, 2.24) is 0 Å². The monoisotopic (exact) mass is 544 g/mol. The Morgan fingerprint density at radius 3 is 2.23 bits per heavy atom. The van der Waals surface area contributed by atoms with Gasteiger partial charge in [0.25, 0.3) is 0 Å². The van der Waals surface area contributed by atoms with Gasteiger partial charge in [0.05, 0.1) is 12.7 Å². The molecule has 0 radical (unpaired) electrons. The van der Waals surface area contributed by atoms with Crippen LogP contribution in [0.1, 0.15) is 92.2 Å². The van der Waals surface area contributed by atoms with Crippen molar-refractivity contribution >= 4 is 0 Å². The average Bonchev–Trinajstić information content (AvgIpc) is 3.77. The molecule has 208 valence electrons. The Balaban J connectivity index is 1.19. The molecule has 1 heterocycles. The first-order valence-corrected chi connectivity index (χ1v) is 13.8. The number of benzene rings is 3. The molecule has 2 aliphatic rings. The highest BCUT2D eigenvalue weighted by Gasteiger charge is 2.31. The van der Waals surface area contributed by atoms with Crippen molar-refractivity contribution in [2.45, 2.75) is 76.4 Å². The van der Waals surface area contributed by atoms with E-state index < -0.39 is 41.3 Å². The van der Waals surface area contributed by atoms with Crippen LogP contribution in [-0.2, 0) is 11.2 Å². The van der Waals surface area contributed by atoms with Gasteiger partial charge >= 0.3 is 0 Å². The van der Waals surface area contributed by atoms with E-state index in [4.69, 9.17) is 4.74 Å². The summed E-state index contributed by atoms with van der Waals surface area (Å²) in [5.74, 6) is -3.99. The van der Waals surface area contributed by atoms with Crippen LogP contribution in [0.3, 0.4) is 0 Å². The van der Waals surface area contributed by atoms with Crippen molar-refractivity contribution in [3.8, 4) is 11.1 Å². The standard InChI is InChI=1S/C32H33F5O2/c1-2-3-27(38)24-13-10-20(29(34)31(24)36)9-6-18-4-7-19(8-5-18)21-11-12-22(26(33)16-21)23-14-15-25(28-17-39-28)32(37)30(23)35/h10-16,18-19,27-28,38H,2-9,17H2,1H3. The van der Waals surface area contributed by atoms with E-state index in [2.05, 4.69) is 0 Å². The summed E-state index contributed by atoms with van der Waals surface area (Å²) in [4.78, 5) is 0. The molecule has 2 nitrogen and oxygen atoms in total. The fraction of sp³-hybridized carbons (Fsp3) is 0.438. The van der Waals surface area contributed by atoms with Gasteiger partial charge in [-0.2, -0.15) is 0 Å². The lowest BCUT2D eigenvalue weighted by atomic mass is 9.76. The van der Waals surface area contributed by atoms with Gasteiger partial charge in [0.15, 0.2) is 23.3 Å². The summed E-state index contributed by atoms with van der Waals surface area (Å²) in [7, 11) is 0. The van der Waals surface area contributed by atoms with Gasteiger partial charge in [-0.05, 0) is 74.0 Å². The topological polar surface area (TPSA) is 32.8 Å². The van der Waals surface area contributed by atoms with Gasteiger partial charge in [0, 0.05) is 22.3 Å². The van der Waals surface area contributed by atoms with E-state index in [0.717, 1.165) is 37.7 Å². The van der Waals surface area contributed by atoms with Crippen LogP contribution in [0.4, 0.5) is 22.0 Å². The maximum absolute atomic E-state index is 15.1. The molecule has 5 rings (SSSR count). The summed E-state index contributed by atoms with van der Waals surface area (Å²) >= 11 is 0. The predicted octanol–water partition coefficient (Wildman–Crippen LogP) is 8.86. The number of halogens is 5. The van der Waals surface area contributed by atoms with Crippen LogP contribution in [0, 0.1) is 35.0 Å². The number of epoxide rings is 1. The SMILES string of the molecule is CCCC(O)c1ccc(CCC2CCC(c3ccc(-c4ccc(C5CO5)c(F)c4F)c(F)c3)CC2)c(F)c1F. The number of hydrogen-bond donors (Lipinski definition) is 1. The van der Waals surface area contributed by atoms with Gasteiger partial charge in [-0.25, -0.2) is 22.0 Å². The quantitative estimate of drug-likeness (QED) is 0.216. The number of rotatable bonds is 9. The molecular weight excluding hydrogens is 511 g/mol. The molecule has 0 spiro atoms. The predicted molar refractivity (Wildman–Crippen MR) is 140 cm³/mol. The van der Waals surface area contributed by atoms with Crippen molar-refractivity contribution in [3.63, 3.8) is 0 Å². The Kier molecular flexibility index (Phi) is 8.38. The highest BCUT2D eigenvalue weighted by atomic mass is 19.2. The van der Waals surface area contributed by atoms with Crippen LogP contribution in [-0.4, -0.2) is 11.7 Å². The van der Waals surface area contributed by atoms with Crippen LogP contribution >= 0.6 is 0 Å². The summed E-state index contributed by atoms with van der Waals surface area (Å²) in [5.41, 5.74) is 1.22. The highest BCUT2D eigenvalue weighted by molar-refractivity contribution is 5.66. The van der Waals surface area contributed by atoms with Crippen LogP contribution in [0.5, 0.6) is 0 Å². The normalized spacial score (nSPS) is 21.7. The Bertz CT molecular complexity index is 1330. The Labute approximate surface area is 225 Å². The molecule has 1 saturated heterocycles. The van der Waals surface area contributed by atoms with Crippen molar-refractivity contribution < 1.29 is 31.8 Å². The lowest BCUT2D eigenvalue weighted by molar-refractivity contribution is 0.160. The zero-order valence-electron chi connectivity index (χ0n) is 22.0. The molecule has 1 aliphatic heterocycles. The minimum atomic E-state index is -1.07. The first-order chi connectivity index (χ1) is 18.8. The fourth-order valence-electron chi connectivity index (χ4n) is 5.88. The highest BCUT2D eigenvalue weighted by Crippen LogP contribution is 2.40. The van der Waals surface area contributed by atoms with E-state index in [1.165, 1.54) is 30.3 Å². The number of hydrogen-bond acceptors (Lipinski definition) is 2. The third kappa shape index (κ3) is 5.90. The summed E-state index contributed by atoms with van der Waals surface area (Å²) in [5, 5.41) is 10.0. The smallest absolute Gasteiger partial charge is 0.167 e. The summed E-state index contributed by atoms with van der Waals surface area (Å²) in [6.45, 7) is 2.23. The van der Waals surface area contributed by atoms with Crippen molar-refractivity contribution in [1.29, 1.82) is 0 Å². The van der Waals surface area contributed by atoms with E-state index in [0.29, 0.717) is 37.4 Å². The molecule has 1 N–H and O–H groups in total. The molecule has 2 atom stereocenters. The maximum Gasteiger partial charge on any atom is 0.167 e. The van der Waals surface area contributed by atoms with Gasteiger partial charge in [0.2, 0.25) is 0 Å². The molecule has 0 amide bonds. The first-order valence-electron chi connectivity index (χ1n) is 13.8. The molecule has 39 heavy (non-hydrogen) atoms. The third-order valence-corrected chi connectivity index (χ3v) is 8.33. The van der Waals surface area contributed by atoms with Gasteiger partial charge in [-0.15, -0.1) is 0 Å². The molecule has 3 aromatic rings. The minimum absolute atomic E-state index is 0.00889. The molecule has 1 aliphatic carbocycles. The Hall–Kier alpha value is -2.77.